The molecule has 0 unspecified atom stereocenters. The number of nitrogens with zero attached hydrogens (tertiary/aromatic N) is 4. The molecule has 0 atom stereocenters. The Morgan fingerprint density at radius 2 is 1.40 bits per heavy atom. The molecule has 58 heavy (non-hydrogen) atoms. The smallest absolute Gasteiger partial charge is 0.135 e. The topological polar surface area (TPSA) is 33.5 Å². The quantitative estimate of drug-likeness (QED) is 0.149. The first kappa shape index (κ1) is 37.9. The Hall–Kier alpha value is -5.64. The Morgan fingerprint density at radius 1 is 0.655 bits per heavy atom. The number of rotatable bonds is 7. The zero-order valence-corrected chi connectivity index (χ0v) is 35.3. The molecule has 1 aliphatic carbocycles. The van der Waals surface area contributed by atoms with E-state index in [1.54, 1.807) is 0 Å². The van der Waals surface area contributed by atoms with E-state index in [2.05, 4.69) is 175 Å². The number of aromatic nitrogens is 2. The molecule has 2 aliphatic rings. The van der Waals surface area contributed by atoms with Gasteiger partial charge in [0.2, 0.25) is 0 Å². The number of anilines is 4. The van der Waals surface area contributed by atoms with Crippen molar-refractivity contribution in [3.05, 3.63) is 176 Å². The molecule has 8 aromatic rings. The van der Waals surface area contributed by atoms with Crippen molar-refractivity contribution >= 4 is 44.6 Å². The molecule has 0 spiro atoms. The maximum absolute atomic E-state index is 6.61. The summed E-state index contributed by atoms with van der Waals surface area (Å²) in [7, 11) is 0. The van der Waals surface area contributed by atoms with E-state index in [0.717, 1.165) is 44.7 Å². The molecule has 1 fully saturated rings. The summed E-state index contributed by atoms with van der Waals surface area (Å²) in [6, 6.07) is 56.7. The minimum atomic E-state index is -0.0111. The van der Waals surface area contributed by atoms with Gasteiger partial charge >= 0.3 is 0 Å². The van der Waals surface area contributed by atoms with Crippen LogP contribution in [0, 0.1) is 18.8 Å². The first-order valence-corrected chi connectivity index (χ1v) is 20.2. The second kappa shape index (κ2) is 15.6. The Balaban J connectivity index is 0.00000436. The van der Waals surface area contributed by atoms with Crippen LogP contribution >= 0.6 is 0 Å². The van der Waals surface area contributed by atoms with E-state index in [1.165, 1.54) is 60.0 Å². The molecular weight excluding hydrogens is 892 g/mol. The van der Waals surface area contributed by atoms with Crippen LogP contribution < -0.4 is 14.5 Å². The van der Waals surface area contributed by atoms with Crippen molar-refractivity contribution in [2.75, 3.05) is 9.80 Å². The predicted molar refractivity (Wildman–Crippen MR) is 234 cm³/mol. The summed E-state index contributed by atoms with van der Waals surface area (Å²) in [5.74, 6) is 2.70. The molecule has 6 heteroatoms. The van der Waals surface area contributed by atoms with Crippen molar-refractivity contribution < 1.29 is 25.8 Å². The average molecular weight is 937 g/mol. The van der Waals surface area contributed by atoms with Crippen LogP contribution in [0.2, 0.25) is 0 Å². The van der Waals surface area contributed by atoms with Crippen molar-refractivity contribution in [2.24, 2.45) is 0 Å². The van der Waals surface area contributed by atoms with Crippen LogP contribution in [0.1, 0.15) is 69.9 Å². The van der Waals surface area contributed by atoms with E-state index < -0.39 is 0 Å². The minimum Gasteiger partial charge on any atom is -0.509 e. The molecule has 292 valence electrons. The number of benzene rings is 6. The molecule has 3 heterocycles. The third-order valence-corrected chi connectivity index (χ3v) is 11.7. The number of para-hydroxylation sites is 3. The van der Waals surface area contributed by atoms with Gasteiger partial charge in [-0.3, -0.25) is 0 Å². The van der Waals surface area contributed by atoms with E-state index in [4.69, 9.17) is 9.72 Å². The van der Waals surface area contributed by atoms with Gasteiger partial charge in [0.1, 0.15) is 5.82 Å². The molecule has 1 saturated carbocycles. The summed E-state index contributed by atoms with van der Waals surface area (Å²) in [6.45, 7) is 8.90. The van der Waals surface area contributed by atoms with Gasteiger partial charge in [-0.15, -0.1) is 48.1 Å². The largest absolute Gasteiger partial charge is 0.509 e. The van der Waals surface area contributed by atoms with E-state index in [9.17, 15) is 0 Å². The number of ether oxygens (including phenoxy) is 1. The predicted octanol–water partition coefficient (Wildman–Crippen LogP) is 14.0. The summed E-state index contributed by atoms with van der Waals surface area (Å²) in [5, 5.41) is 2.25. The molecule has 0 amide bonds. The molecule has 2 aromatic heterocycles. The van der Waals surface area contributed by atoms with Gasteiger partial charge in [0, 0.05) is 66.9 Å². The van der Waals surface area contributed by atoms with Gasteiger partial charge in [0.25, 0.3) is 0 Å². The van der Waals surface area contributed by atoms with Gasteiger partial charge in [-0.1, -0.05) is 118 Å². The Kier molecular flexibility index (Phi) is 10.2. The Bertz CT molecular complexity index is 2740. The zero-order valence-electron chi connectivity index (χ0n) is 33.1. The van der Waals surface area contributed by atoms with Crippen LogP contribution in [0.25, 0.3) is 38.8 Å². The fraction of sp³-hybridized carbons (Fsp3) is 0.192. The van der Waals surface area contributed by atoms with Gasteiger partial charge in [-0.2, -0.15) is 12.1 Å². The van der Waals surface area contributed by atoms with Crippen LogP contribution in [-0.2, 0) is 26.5 Å². The van der Waals surface area contributed by atoms with Crippen LogP contribution in [-0.4, -0.2) is 9.55 Å². The average Bonchev–Trinajstić information content (AvgIpc) is 3.80. The molecule has 0 N–H and O–H groups in total. The third kappa shape index (κ3) is 7.00. The first-order valence-electron chi connectivity index (χ1n) is 20.2. The van der Waals surface area contributed by atoms with E-state index >= 15 is 0 Å². The van der Waals surface area contributed by atoms with E-state index in [1.807, 2.05) is 24.4 Å². The van der Waals surface area contributed by atoms with Gasteiger partial charge in [-0.05, 0) is 82.6 Å². The number of hydrogen-bond donors (Lipinski definition) is 0. The molecule has 0 bridgehead atoms. The van der Waals surface area contributed by atoms with Crippen molar-refractivity contribution in [1.29, 1.82) is 0 Å². The van der Waals surface area contributed by atoms with Crippen molar-refractivity contribution in [2.45, 2.75) is 64.2 Å². The fourth-order valence-electron chi connectivity index (χ4n) is 8.73. The third-order valence-electron chi connectivity index (χ3n) is 11.7. The molecular formula is C52H45N4OPt-3. The SMILES string of the molecule is CC(C)(C)c1ccnc(-n2c3[c-]c(Oc4[c-]c(N5[CH-]N(c6cc(C7CCCCC7)ccc6-c6ccccc6)c6ccccc65)ccc4)ccc3c3ccccc32)c1.[Pt]. The van der Waals surface area contributed by atoms with Crippen molar-refractivity contribution in [1.82, 2.24) is 9.55 Å². The van der Waals surface area contributed by atoms with Crippen LogP contribution in [0.3, 0.4) is 0 Å². The Labute approximate surface area is 356 Å². The van der Waals surface area contributed by atoms with Crippen molar-refractivity contribution in [3.8, 4) is 28.4 Å². The minimum absolute atomic E-state index is 0. The second-order valence-corrected chi connectivity index (χ2v) is 16.4. The Morgan fingerprint density at radius 3 is 2.21 bits per heavy atom. The summed E-state index contributed by atoms with van der Waals surface area (Å²) in [4.78, 5) is 9.43. The zero-order chi connectivity index (χ0) is 38.5. The summed E-state index contributed by atoms with van der Waals surface area (Å²) in [6.07, 6.45) is 8.37. The number of fused-ring (bicyclic) bond motifs is 4. The summed E-state index contributed by atoms with van der Waals surface area (Å²) >= 11 is 0. The van der Waals surface area contributed by atoms with E-state index in [0.29, 0.717) is 17.4 Å². The maximum Gasteiger partial charge on any atom is 0.135 e. The van der Waals surface area contributed by atoms with Crippen molar-refractivity contribution in [3.63, 3.8) is 0 Å². The monoisotopic (exact) mass is 936 g/mol. The summed E-state index contributed by atoms with van der Waals surface area (Å²) in [5.41, 5.74) is 11.4. The van der Waals surface area contributed by atoms with Gasteiger partial charge < -0.3 is 19.1 Å². The second-order valence-electron chi connectivity index (χ2n) is 16.4. The molecule has 0 saturated heterocycles. The number of hydrogen-bond acceptors (Lipinski definition) is 4. The van der Waals surface area contributed by atoms with Gasteiger partial charge in [-0.25, -0.2) is 4.98 Å². The van der Waals surface area contributed by atoms with E-state index in [-0.39, 0.29) is 26.5 Å². The molecule has 6 aromatic carbocycles. The fourth-order valence-corrected chi connectivity index (χ4v) is 8.73. The summed E-state index contributed by atoms with van der Waals surface area (Å²) < 4.78 is 8.81. The molecule has 5 nitrogen and oxygen atoms in total. The molecule has 10 rings (SSSR count). The standard InChI is InChI=1S/C52H45N4O.Pt/c1-52(2,3)39-29-30-53-51(32-39)56-46-22-11-10-21-44(46)45-28-26-42(34-50(45)56)57-41-20-14-19-40(33-41)54-35-55(48-24-13-12-23-47(48)54)49-31-38(36-15-6-4-7-16-36)25-27-43(49)37-17-8-5-9-18-37;/h5,8-14,17-32,35-36H,4,6-7,15-16H2,1-3H3;/q-3;. The van der Waals surface area contributed by atoms with Crippen LogP contribution in [0.5, 0.6) is 11.5 Å². The van der Waals surface area contributed by atoms with Crippen LogP contribution in [0.4, 0.5) is 22.7 Å². The number of pyridine rings is 1. The van der Waals surface area contributed by atoms with Gasteiger partial charge in [0.05, 0.1) is 0 Å². The first-order chi connectivity index (χ1) is 27.9. The molecule has 1 aliphatic heterocycles. The normalized spacial score (nSPS) is 14.5. The van der Waals surface area contributed by atoms with Gasteiger partial charge in [0.15, 0.2) is 0 Å². The maximum atomic E-state index is 6.61. The molecule has 0 radical (unpaired) electrons. The van der Waals surface area contributed by atoms with Crippen LogP contribution in [0.15, 0.2) is 146 Å².